The molecule has 0 radical (unpaired) electrons. The maximum absolute atomic E-state index is 2.50. The van der Waals surface area contributed by atoms with Crippen LogP contribution in [0.3, 0.4) is 0 Å². The molecule has 48 valence electrons. The van der Waals surface area contributed by atoms with Crippen LogP contribution in [0, 0.1) is 5.92 Å². The Labute approximate surface area is 51.7 Å². The molecule has 1 unspecified atom stereocenters. The van der Waals surface area contributed by atoms with Crippen LogP contribution in [-0.2, 0) is 0 Å². The summed E-state index contributed by atoms with van der Waals surface area (Å²) < 4.78 is 0. The summed E-state index contributed by atoms with van der Waals surface area (Å²) in [7, 11) is 0. The smallest absolute Gasteiger partial charge is 0.000738 e. The molecule has 0 aromatic heterocycles. The minimum absolute atomic E-state index is 0.954. The zero-order valence-electron chi connectivity index (χ0n) is 5.85. The number of likely N-dealkylation sites (tertiary alicyclic amines) is 1. The van der Waals surface area contributed by atoms with Crippen molar-refractivity contribution in [3.63, 3.8) is 0 Å². The van der Waals surface area contributed by atoms with Crippen LogP contribution in [-0.4, -0.2) is 24.5 Å². The lowest BCUT2D eigenvalue weighted by Crippen LogP contribution is -2.18. The first-order valence-electron chi connectivity index (χ1n) is 3.55. The maximum Gasteiger partial charge on any atom is 0.000738 e. The van der Waals surface area contributed by atoms with E-state index in [-0.39, 0.29) is 0 Å². The van der Waals surface area contributed by atoms with E-state index >= 15 is 0 Å². The van der Waals surface area contributed by atoms with Crippen molar-refractivity contribution in [1.82, 2.24) is 4.90 Å². The van der Waals surface area contributed by atoms with Crippen molar-refractivity contribution in [3.8, 4) is 0 Å². The lowest BCUT2D eigenvalue weighted by atomic mass is 10.2. The van der Waals surface area contributed by atoms with E-state index in [1.54, 1.807) is 0 Å². The molecule has 1 saturated heterocycles. The van der Waals surface area contributed by atoms with Gasteiger partial charge in [-0.2, -0.15) is 0 Å². The second kappa shape index (κ2) is 2.49. The van der Waals surface area contributed by atoms with Crippen molar-refractivity contribution in [2.75, 3.05) is 19.6 Å². The summed E-state index contributed by atoms with van der Waals surface area (Å²) in [5, 5.41) is 0. The first-order chi connectivity index (χ1) is 3.83. The van der Waals surface area contributed by atoms with Gasteiger partial charge >= 0.3 is 0 Å². The third kappa shape index (κ3) is 1.22. The van der Waals surface area contributed by atoms with Crippen LogP contribution in [0.5, 0.6) is 0 Å². The molecule has 0 aliphatic carbocycles. The Morgan fingerprint density at radius 2 is 2.38 bits per heavy atom. The average molecular weight is 113 g/mol. The minimum Gasteiger partial charge on any atom is -0.303 e. The highest BCUT2D eigenvalue weighted by molar-refractivity contribution is 4.70. The Bertz CT molecular complexity index is 70.8. The topological polar surface area (TPSA) is 3.24 Å². The van der Waals surface area contributed by atoms with Gasteiger partial charge in [-0.05, 0) is 25.4 Å². The van der Waals surface area contributed by atoms with E-state index in [0.717, 1.165) is 5.92 Å². The standard InChI is InChI=1S/C7H15N/c1-3-8-5-4-7(2)6-8/h7H,3-6H2,1-2H3. The van der Waals surface area contributed by atoms with Crippen molar-refractivity contribution in [2.45, 2.75) is 20.3 Å². The van der Waals surface area contributed by atoms with Gasteiger partial charge in [-0.1, -0.05) is 13.8 Å². The van der Waals surface area contributed by atoms with Crippen LogP contribution in [0.25, 0.3) is 0 Å². The molecule has 1 rings (SSSR count). The molecular formula is C7H15N. The van der Waals surface area contributed by atoms with Gasteiger partial charge in [0.05, 0.1) is 0 Å². The Hall–Kier alpha value is -0.0400. The molecule has 0 spiro atoms. The Morgan fingerprint density at radius 3 is 2.62 bits per heavy atom. The van der Waals surface area contributed by atoms with E-state index in [9.17, 15) is 0 Å². The fourth-order valence-electron chi connectivity index (χ4n) is 1.31. The molecular weight excluding hydrogens is 98.1 g/mol. The van der Waals surface area contributed by atoms with E-state index in [1.165, 1.54) is 26.1 Å². The summed E-state index contributed by atoms with van der Waals surface area (Å²) in [6, 6.07) is 0. The molecule has 1 aliphatic rings. The summed E-state index contributed by atoms with van der Waals surface area (Å²) in [5.74, 6) is 0.954. The summed E-state index contributed by atoms with van der Waals surface area (Å²) in [6.07, 6.45) is 1.41. The van der Waals surface area contributed by atoms with E-state index in [2.05, 4.69) is 18.7 Å². The van der Waals surface area contributed by atoms with Gasteiger partial charge in [0.15, 0.2) is 0 Å². The van der Waals surface area contributed by atoms with Crippen LogP contribution >= 0.6 is 0 Å². The fraction of sp³-hybridized carbons (Fsp3) is 1.00. The summed E-state index contributed by atoms with van der Waals surface area (Å²) in [6.45, 7) is 8.46. The molecule has 1 atom stereocenters. The van der Waals surface area contributed by atoms with Gasteiger partial charge in [0.1, 0.15) is 0 Å². The SMILES string of the molecule is CCN1CCC(C)C1. The number of rotatable bonds is 1. The summed E-state index contributed by atoms with van der Waals surface area (Å²) >= 11 is 0. The molecule has 1 fully saturated rings. The molecule has 0 bridgehead atoms. The van der Waals surface area contributed by atoms with E-state index in [4.69, 9.17) is 0 Å². The van der Waals surface area contributed by atoms with Crippen LogP contribution in [0.1, 0.15) is 20.3 Å². The second-order valence-electron chi connectivity index (χ2n) is 2.79. The molecule has 1 heteroatoms. The van der Waals surface area contributed by atoms with Crippen molar-refractivity contribution < 1.29 is 0 Å². The average Bonchev–Trinajstić information content (AvgIpc) is 2.14. The Balaban J connectivity index is 2.22. The maximum atomic E-state index is 2.50. The Kier molecular flexibility index (Phi) is 1.90. The summed E-state index contributed by atoms with van der Waals surface area (Å²) in [5.41, 5.74) is 0. The highest BCUT2D eigenvalue weighted by Crippen LogP contribution is 2.13. The zero-order chi connectivity index (χ0) is 5.98. The molecule has 0 N–H and O–H groups in total. The van der Waals surface area contributed by atoms with Gasteiger partial charge in [0.2, 0.25) is 0 Å². The largest absolute Gasteiger partial charge is 0.303 e. The van der Waals surface area contributed by atoms with E-state index in [1.807, 2.05) is 0 Å². The van der Waals surface area contributed by atoms with Gasteiger partial charge in [0, 0.05) is 6.54 Å². The lowest BCUT2D eigenvalue weighted by molar-refractivity contribution is 0.346. The first-order valence-corrected chi connectivity index (χ1v) is 3.55. The molecule has 0 saturated carbocycles. The van der Waals surface area contributed by atoms with Gasteiger partial charge in [-0.15, -0.1) is 0 Å². The first kappa shape index (κ1) is 6.09. The van der Waals surface area contributed by atoms with Crippen LogP contribution in [0.4, 0.5) is 0 Å². The number of nitrogens with zero attached hydrogens (tertiary/aromatic N) is 1. The monoisotopic (exact) mass is 113 g/mol. The van der Waals surface area contributed by atoms with Crippen LogP contribution in [0.15, 0.2) is 0 Å². The number of hydrogen-bond acceptors (Lipinski definition) is 1. The lowest BCUT2D eigenvalue weighted by Gasteiger charge is -2.09. The molecule has 1 heterocycles. The van der Waals surface area contributed by atoms with Crippen molar-refractivity contribution in [2.24, 2.45) is 5.92 Å². The van der Waals surface area contributed by atoms with Gasteiger partial charge in [-0.3, -0.25) is 0 Å². The van der Waals surface area contributed by atoms with Gasteiger partial charge < -0.3 is 4.90 Å². The zero-order valence-corrected chi connectivity index (χ0v) is 5.85. The minimum atomic E-state index is 0.954. The van der Waals surface area contributed by atoms with Crippen molar-refractivity contribution >= 4 is 0 Å². The van der Waals surface area contributed by atoms with Gasteiger partial charge in [0.25, 0.3) is 0 Å². The summed E-state index contributed by atoms with van der Waals surface area (Å²) in [4.78, 5) is 2.50. The highest BCUT2D eigenvalue weighted by atomic mass is 15.1. The molecule has 8 heavy (non-hydrogen) atoms. The fourth-order valence-corrected chi connectivity index (χ4v) is 1.31. The van der Waals surface area contributed by atoms with Crippen molar-refractivity contribution in [1.29, 1.82) is 0 Å². The predicted molar refractivity (Wildman–Crippen MR) is 35.9 cm³/mol. The van der Waals surface area contributed by atoms with Crippen LogP contribution < -0.4 is 0 Å². The molecule has 0 aromatic carbocycles. The Morgan fingerprint density at radius 1 is 1.62 bits per heavy atom. The molecule has 1 aliphatic heterocycles. The van der Waals surface area contributed by atoms with E-state index in [0.29, 0.717) is 0 Å². The number of hydrogen-bond donors (Lipinski definition) is 0. The van der Waals surface area contributed by atoms with E-state index < -0.39 is 0 Å². The molecule has 0 amide bonds. The normalized spacial score (nSPS) is 31.5. The third-order valence-corrected chi connectivity index (χ3v) is 1.96. The predicted octanol–water partition coefficient (Wildman–Crippen LogP) is 1.35. The quantitative estimate of drug-likeness (QED) is 0.496. The highest BCUT2D eigenvalue weighted by Gasteiger charge is 2.15. The molecule has 1 nitrogen and oxygen atoms in total. The molecule has 0 aromatic rings. The van der Waals surface area contributed by atoms with Crippen molar-refractivity contribution in [3.05, 3.63) is 0 Å². The van der Waals surface area contributed by atoms with Gasteiger partial charge in [-0.25, -0.2) is 0 Å². The third-order valence-electron chi connectivity index (χ3n) is 1.96. The second-order valence-corrected chi connectivity index (χ2v) is 2.79. The van der Waals surface area contributed by atoms with Crippen LogP contribution in [0.2, 0.25) is 0 Å².